The van der Waals surface area contributed by atoms with E-state index in [0.717, 1.165) is 19.4 Å². The van der Waals surface area contributed by atoms with E-state index in [1.54, 1.807) is 17.2 Å². The Kier molecular flexibility index (Phi) is 4.43. The molecule has 0 aromatic carbocycles. The molecule has 0 bridgehead atoms. The summed E-state index contributed by atoms with van der Waals surface area (Å²) in [5, 5.41) is 0. The number of hydrogen-bond acceptors (Lipinski definition) is 4. The summed E-state index contributed by atoms with van der Waals surface area (Å²) >= 11 is 0. The van der Waals surface area contributed by atoms with E-state index in [2.05, 4.69) is 4.98 Å². The van der Waals surface area contributed by atoms with Crippen molar-refractivity contribution in [1.29, 1.82) is 0 Å². The third kappa shape index (κ3) is 2.95. The smallest absolute Gasteiger partial charge is 0.340 e. The van der Waals surface area contributed by atoms with Crippen LogP contribution in [0.1, 0.15) is 33.1 Å². The Balaban J connectivity index is 1.70. The maximum absolute atomic E-state index is 12.9. The van der Waals surface area contributed by atoms with E-state index in [1.807, 2.05) is 18.7 Å². The predicted molar refractivity (Wildman–Crippen MR) is 88.2 cm³/mol. The number of amides is 2. The van der Waals surface area contributed by atoms with Gasteiger partial charge in [-0.3, -0.25) is 14.2 Å². The summed E-state index contributed by atoms with van der Waals surface area (Å²) < 4.78 is 1.30. The molecule has 0 radical (unpaired) electrons. The summed E-state index contributed by atoms with van der Waals surface area (Å²) in [6, 6.07) is 1.82. The number of hydrogen-bond donors (Lipinski definition) is 0. The standard InChI is InChI=1S/C17H24N4O3/c1-13(2)21-9-3-5-17(15(21)23)6-10-20(12-17)14(22)11-19-8-4-7-18-16(19)24/h4,7-8,13H,3,5-6,9-12H2,1-2H3/t17-/m0/s1. The molecule has 1 aromatic heterocycles. The number of rotatable bonds is 3. The Labute approximate surface area is 141 Å². The quantitative estimate of drug-likeness (QED) is 0.807. The molecule has 3 rings (SSSR count). The Morgan fingerprint density at radius 1 is 1.29 bits per heavy atom. The molecule has 0 saturated carbocycles. The van der Waals surface area contributed by atoms with Crippen LogP contribution in [0, 0.1) is 5.41 Å². The fourth-order valence-corrected chi connectivity index (χ4v) is 3.81. The lowest BCUT2D eigenvalue weighted by molar-refractivity contribution is -0.148. The van der Waals surface area contributed by atoms with E-state index < -0.39 is 11.1 Å². The molecule has 130 valence electrons. The molecular formula is C17H24N4O3. The highest BCUT2D eigenvalue weighted by molar-refractivity contribution is 5.86. The van der Waals surface area contributed by atoms with Crippen LogP contribution in [0.2, 0.25) is 0 Å². The van der Waals surface area contributed by atoms with Crippen molar-refractivity contribution in [3.05, 3.63) is 28.9 Å². The van der Waals surface area contributed by atoms with Gasteiger partial charge in [-0.05, 0) is 39.2 Å². The van der Waals surface area contributed by atoms with E-state index in [0.29, 0.717) is 19.5 Å². The molecule has 0 aliphatic carbocycles. The second-order valence-corrected chi connectivity index (χ2v) is 7.07. The number of piperidine rings is 1. The van der Waals surface area contributed by atoms with Gasteiger partial charge in [0.25, 0.3) is 0 Å². The zero-order valence-corrected chi connectivity index (χ0v) is 14.3. The largest absolute Gasteiger partial charge is 0.347 e. The van der Waals surface area contributed by atoms with Gasteiger partial charge in [0.1, 0.15) is 6.54 Å². The third-order valence-electron chi connectivity index (χ3n) is 5.19. The SMILES string of the molecule is CC(C)N1CCC[C@@]2(CCN(C(=O)Cn3cccnc3=O)C2)C1=O. The number of likely N-dealkylation sites (tertiary alicyclic amines) is 2. The molecule has 2 aliphatic rings. The Morgan fingerprint density at radius 2 is 2.08 bits per heavy atom. The zero-order valence-electron chi connectivity index (χ0n) is 14.3. The number of carbonyl (C=O) groups is 2. The molecule has 1 spiro atoms. The first kappa shape index (κ1) is 16.7. The molecule has 1 atom stereocenters. The summed E-state index contributed by atoms with van der Waals surface area (Å²) in [4.78, 5) is 44.4. The molecule has 0 unspecified atom stereocenters. The van der Waals surface area contributed by atoms with Crippen LogP contribution in [0.4, 0.5) is 0 Å². The van der Waals surface area contributed by atoms with Gasteiger partial charge >= 0.3 is 5.69 Å². The molecule has 2 saturated heterocycles. The average molecular weight is 332 g/mol. The molecule has 2 amide bonds. The molecule has 1 aromatic rings. The van der Waals surface area contributed by atoms with E-state index in [-0.39, 0.29) is 24.4 Å². The van der Waals surface area contributed by atoms with Crippen LogP contribution in [-0.4, -0.2) is 56.8 Å². The van der Waals surface area contributed by atoms with Gasteiger partial charge in [-0.1, -0.05) is 0 Å². The van der Waals surface area contributed by atoms with Crippen LogP contribution in [0.25, 0.3) is 0 Å². The van der Waals surface area contributed by atoms with Crippen LogP contribution in [0.15, 0.2) is 23.3 Å². The molecule has 3 heterocycles. The Hall–Kier alpha value is -2.18. The van der Waals surface area contributed by atoms with Crippen molar-refractivity contribution < 1.29 is 9.59 Å². The van der Waals surface area contributed by atoms with Crippen molar-refractivity contribution >= 4 is 11.8 Å². The minimum absolute atomic E-state index is 0.0230. The summed E-state index contributed by atoms with van der Waals surface area (Å²) in [6.45, 7) is 5.88. The maximum atomic E-state index is 12.9. The second-order valence-electron chi connectivity index (χ2n) is 7.07. The summed E-state index contributed by atoms with van der Waals surface area (Å²) in [6.07, 6.45) is 5.50. The lowest BCUT2D eigenvalue weighted by atomic mass is 9.78. The predicted octanol–water partition coefficient (Wildman–Crippen LogP) is 0.493. The highest BCUT2D eigenvalue weighted by Crippen LogP contribution is 2.40. The molecule has 2 aliphatic heterocycles. The summed E-state index contributed by atoms with van der Waals surface area (Å²) in [5.41, 5.74) is -0.863. The molecule has 24 heavy (non-hydrogen) atoms. The molecular weight excluding hydrogens is 308 g/mol. The Morgan fingerprint density at radius 3 is 2.79 bits per heavy atom. The lowest BCUT2D eigenvalue weighted by Gasteiger charge is -2.41. The van der Waals surface area contributed by atoms with Crippen molar-refractivity contribution in [1.82, 2.24) is 19.4 Å². The van der Waals surface area contributed by atoms with Crippen molar-refractivity contribution in [2.24, 2.45) is 5.41 Å². The fourth-order valence-electron chi connectivity index (χ4n) is 3.81. The average Bonchev–Trinajstić information content (AvgIpc) is 2.97. The normalized spacial score (nSPS) is 24.2. The van der Waals surface area contributed by atoms with E-state index in [4.69, 9.17) is 0 Å². The summed E-state index contributed by atoms with van der Waals surface area (Å²) in [7, 11) is 0. The van der Waals surface area contributed by atoms with Gasteiger partial charge in [-0.15, -0.1) is 0 Å². The molecule has 2 fully saturated rings. The highest BCUT2D eigenvalue weighted by atomic mass is 16.2. The monoisotopic (exact) mass is 332 g/mol. The van der Waals surface area contributed by atoms with Gasteiger partial charge in [-0.25, -0.2) is 9.78 Å². The fraction of sp³-hybridized carbons (Fsp3) is 0.647. The first-order valence-corrected chi connectivity index (χ1v) is 8.53. The summed E-state index contributed by atoms with van der Waals surface area (Å²) in [5.74, 6) is 0.0500. The van der Waals surface area contributed by atoms with Crippen molar-refractivity contribution in [3.63, 3.8) is 0 Å². The second kappa shape index (κ2) is 6.37. The third-order valence-corrected chi connectivity index (χ3v) is 5.19. The molecule has 0 N–H and O–H groups in total. The topological polar surface area (TPSA) is 75.5 Å². The molecule has 7 heteroatoms. The molecule has 7 nitrogen and oxygen atoms in total. The van der Waals surface area contributed by atoms with Crippen molar-refractivity contribution in [2.45, 2.75) is 45.7 Å². The van der Waals surface area contributed by atoms with Gasteiger partial charge in [0.05, 0.1) is 5.41 Å². The minimum Gasteiger partial charge on any atom is -0.340 e. The van der Waals surface area contributed by atoms with Crippen LogP contribution in [0.5, 0.6) is 0 Å². The maximum Gasteiger partial charge on any atom is 0.347 e. The zero-order chi connectivity index (χ0) is 17.3. The Bertz CT molecular complexity index is 699. The van der Waals surface area contributed by atoms with E-state index in [9.17, 15) is 14.4 Å². The van der Waals surface area contributed by atoms with E-state index >= 15 is 0 Å². The van der Waals surface area contributed by atoms with Gasteiger partial charge in [0.15, 0.2) is 0 Å². The van der Waals surface area contributed by atoms with Gasteiger partial charge in [-0.2, -0.15) is 0 Å². The van der Waals surface area contributed by atoms with Gasteiger partial charge in [0.2, 0.25) is 11.8 Å². The minimum atomic E-state index is -0.432. The van der Waals surface area contributed by atoms with Crippen molar-refractivity contribution in [3.8, 4) is 0 Å². The van der Waals surface area contributed by atoms with Crippen LogP contribution < -0.4 is 5.69 Å². The number of nitrogens with zero attached hydrogens (tertiary/aromatic N) is 4. The van der Waals surface area contributed by atoms with Crippen LogP contribution in [0.3, 0.4) is 0 Å². The number of carbonyl (C=O) groups excluding carboxylic acids is 2. The lowest BCUT2D eigenvalue weighted by Crippen LogP contribution is -2.52. The highest BCUT2D eigenvalue weighted by Gasteiger charge is 2.49. The first-order valence-electron chi connectivity index (χ1n) is 8.53. The van der Waals surface area contributed by atoms with Gasteiger partial charge in [0, 0.05) is 38.1 Å². The van der Waals surface area contributed by atoms with Crippen LogP contribution in [-0.2, 0) is 16.1 Å². The van der Waals surface area contributed by atoms with Crippen molar-refractivity contribution in [2.75, 3.05) is 19.6 Å². The number of aromatic nitrogens is 2. The first-order chi connectivity index (χ1) is 11.4. The van der Waals surface area contributed by atoms with E-state index in [1.165, 1.54) is 10.8 Å². The van der Waals surface area contributed by atoms with Gasteiger partial charge < -0.3 is 9.80 Å². The van der Waals surface area contributed by atoms with Crippen LogP contribution >= 0.6 is 0 Å².